The van der Waals surface area contributed by atoms with Gasteiger partial charge in [-0.25, -0.2) is 0 Å². The van der Waals surface area contributed by atoms with Gasteiger partial charge >= 0.3 is 0 Å². The fourth-order valence-electron chi connectivity index (χ4n) is 2.13. The minimum absolute atomic E-state index is 0.422. The van der Waals surface area contributed by atoms with Crippen LogP contribution >= 0.6 is 35.0 Å². The second-order valence-electron chi connectivity index (χ2n) is 4.64. The fraction of sp³-hybridized carbons (Fsp3) is 0.133. The Kier molecular flexibility index (Phi) is 4.13. The summed E-state index contributed by atoms with van der Waals surface area (Å²) in [5.74, 6) is 0.253. The van der Waals surface area contributed by atoms with E-state index in [1.54, 1.807) is 12.1 Å². The molecule has 0 aromatic heterocycles. The van der Waals surface area contributed by atoms with Crippen molar-refractivity contribution >= 4 is 46.6 Å². The first-order chi connectivity index (χ1) is 10.1. The number of rotatable bonds is 3. The van der Waals surface area contributed by atoms with Gasteiger partial charge in [-0.1, -0.05) is 41.4 Å². The highest BCUT2D eigenvalue weighted by molar-refractivity contribution is 7.98. The van der Waals surface area contributed by atoms with Crippen LogP contribution in [-0.2, 0) is 10.5 Å². The molecule has 0 saturated carbocycles. The van der Waals surface area contributed by atoms with Gasteiger partial charge < -0.3 is 10.4 Å². The van der Waals surface area contributed by atoms with Gasteiger partial charge in [0.15, 0.2) is 6.10 Å². The largest absolute Gasteiger partial charge is 0.378 e. The van der Waals surface area contributed by atoms with Crippen molar-refractivity contribution < 1.29 is 9.90 Å². The summed E-state index contributed by atoms with van der Waals surface area (Å²) in [7, 11) is 0. The number of anilines is 1. The van der Waals surface area contributed by atoms with Gasteiger partial charge in [0.25, 0.3) is 5.91 Å². The Balaban J connectivity index is 1.83. The molecular formula is C15H11Cl2NO2S. The topological polar surface area (TPSA) is 49.3 Å². The molecule has 0 aliphatic carbocycles. The molecule has 3 nitrogen and oxygen atoms in total. The van der Waals surface area contributed by atoms with Crippen LogP contribution < -0.4 is 5.32 Å². The average Bonchev–Trinajstić information content (AvgIpc) is 2.73. The van der Waals surface area contributed by atoms with Crippen molar-refractivity contribution in [1.82, 2.24) is 0 Å². The number of halogens is 2. The van der Waals surface area contributed by atoms with E-state index >= 15 is 0 Å². The molecule has 1 aliphatic rings. The summed E-state index contributed by atoms with van der Waals surface area (Å²) in [6.45, 7) is 0. The Morgan fingerprint density at radius 2 is 1.95 bits per heavy atom. The number of aliphatic hydroxyl groups is 1. The van der Waals surface area contributed by atoms with Gasteiger partial charge in [0.1, 0.15) is 0 Å². The summed E-state index contributed by atoms with van der Waals surface area (Å²) in [4.78, 5) is 12.3. The van der Waals surface area contributed by atoms with Crippen LogP contribution in [0.25, 0.3) is 0 Å². The van der Waals surface area contributed by atoms with Crippen LogP contribution in [0.2, 0.25) is 10.0 Å². The van der Waals surface area contributed by atoms with Crippen LogP contribution in [0.3, 0.4) is 0 Å². The zero-order valence-electron chi connectivity index (χ0n) is 10.8. The van der Waals surface area contributed by atoms with Gasteiger partial charge in [0.05, 0.1) is 5.02 Å². The molecule has 0 radical (unpaired) electrons. The normalized spacial score (nSPS) is 16.7. The highest BCUT2D eigenvalue weighted by atomic mass is 35.5. The maximum atomic E-state index is 11.4. The molecule has 1 unspecified atom stereocenters. The number of carbonyl (C=O) groups excluding carboxylic acids is 1. The predicted molar refractivity (Wildman–Crippen MR) is 86.1 cm³/mol. The van der Waals surface area contributed by atoms with Crippen molar-refractivity contribution in [3.63, 3.8) is 0 Å². The Morgan fingerprint density at radius 1 is 1.19 bits per heavy atom. The molecule has 1 aliphatic heterocycles. The average molecular weight is 340 g/mol. The summed E-state index contributed by atoms with van der Waals surface area (Å²) in [5.41, 5.74) is 2.15. The number of aliphatic hydroxyl groups excluding tert-OH is 1. The smallest absolute Gasteiger partial charge is 0.257 e. The number of carbonyl (C=O) groups is 1. The van der Waals surface area contributed by atoms with Crippen molar-refractivity contribution in [1.29, 1.82) is 0 Å². The van der Waals surface area contributed by atoms with E-state index < -0.39 is 12.0 Å². The van der Waals surface area contributed by atoms with Gasteiger partial charge in [-0.15, -0.1) is 11.8 Å². The lowest BCUT2D eigenvalue weighted by molar-refractivity contribution is -0.123. The molecule has 1 amide bonds. The van der Waals surface area contributed by atoms with Gasteiger partial charge in [0.2, 0.25) is 0 Å². The number of nitrogens with one attached hydrogen (secondary N) is 1. The standard InChI is InChI=1S/C15H11Cl2NO2S/c16-10-4-2-1-3-8(10)7-21-13-6-12-9(5-11(13)17)14(19)15(20)18-12/h1-6,14,19H,7H2,(H,18,20). The Bertz CT molecular complexity index is 721. The molecule has 0 bridgehead atoms. The first-order valence-electron chi connectivity index (χ1n) is 6.25. The van der Waals surface area contributed by atoms with E-state index in [0.29, 0.717) is 27.0 Å². The zero-order chi connectivity index (χ0) is 15.0. The lowest BCUT2D eigenvalue weighted by Gasteiger charge is -2.09. The van der Waals surface area contributed by atoms with Gasteiger partial charge in [-0.05, 0) is 23.8 Å². The molecule has 108 valence electrons. The number of benzene rings is 2. The number of hydrogen-bond acceptors (Lipinski definition) is 3. The Hall–Kier alpha value is -1.20. The quantitative estimate of drug-likeness (QED) is 0.821. The number of thioether (sulfide) groups is 1. The SMILES string of the molecule is O=C1Nc2cc(SCc3ccccc3Cl)c(Cl)cc2C1O. The molecule has 1 heterocycles. The summed E-state index contributed by atoms with van der Waals surface area (Å²) >= 11 is 13.9. The molecule has 1 atom stereocenters. The molecule has 0 spiro atoms. The van der Waals surface area contributed by atoms with Crippen molar-refractivity contribution in [2.45, 2.75) is 16.8 Å². The molecule has 6 heteroatoms. The summed E-state index contributed by atoms with van der Waals surface area (Å²) in [5, 5.41) is 13.6. The van der Waals surface area contributed by atoms with Crippen LogP contribution in [-0.4, -0.2) is 11.0 Å². The van der Waals surface area contributed by atoms with Crippen LogP contribution in [0.5, 0.6) is 0 Å². The molecule has 2 aromatic carbocycles. The van der Waals surface area contributed by atoms with Crippen LogP contribution in [0.4, 0.5) is 5.69 Å². The van der Waals surface area contributed by atoms with Crippen LogP contribution in [0.15, 0.2) is 41.3 Å². The van der Waals surface area contributed by atoms with Crippen molar-refractivity contribution in [3.05, 3.63) is 57.6 Å². The molecular weight excluding hydrogens is 329 g/mol. The maximum Gasteiger partial charge on any atom is 0.257 e. The van der Waals surface area contributed by atoms with Crippen molar-refractivity contribution in [2.24, 2.45) is 0 Å². The fourth-order valence-corrected chi connectivity index (χ4v) is 3.71. The summed E-state index contributed by atoms with van der Waals surface area (Å²) in [6, 6.07) is 11.0. The van der Waals surface area contributed by atoms with E-state index in [2.05, 4.69) is 5.32 Å². The lowest BCUT2D eigenvalue weighted by Crippen LogP contribution is -2.10. The molecule has 21 heavy (non-hydrogen) atoms. The van der Waals surface area contributed by atoms with E-state index in [0.717, 1.165) is 10.5 Å². The third-order valence-corrected chi connectivity index (χ3v) is 5.14. The minimum atomic E-state index is -1.14. The second-order valence-corrected chi connectivity index (χ2v) is 6.47. The molecule has 0 saturated heterocycles. The van der Waals surface area contributed by atoms with E-state index in [9.17, 15) is 9.90 Å². The van der Waals surface area contributed by atoms with E-state index in [1.165, 1.54) is 11.8 Å². The first-order valence-corrected chi connectivity index (χ1v) is 7.99. The Labute approximate surface area is 136 Å². The third kappa shape index (κ3) is 2.90. The molecule has 2 aromatic rings. The summed E-state index contributed by atoms with van der Waals surface area (Å²) < 4.78 is 0. The summed E-state index contributed by atoms with van der Waals surface area (Å²) in [6.07, 6.45) is -1.14. The molecule has 3 rings (SSSR count). The van der Waals surface area contributed by atoms with Crippen molar-refractivity contribution in [3.8, 4) is 0 Å². The minimum Gasteiger partial charge on any atom is -0.378 e. The maximum absolute atomic E-state index is 11.4. The second kappa shape index (κ2) is 5.89. The van der Waals surface area contributed by atoms with Crippen LogP contribution in [0.1, 0.15) is 17.2 Å². The highest BCUT2D eigenvalue weighted by Crippen LogP contribution is 2.40. The number of hydrogen-bond donors (Lipinski definition) is 2. The number of fused-ring (bicyclic) bond motifs is 1. The monoisotopic (exact) mass is 339 g/mol. The van der Waals surface area contributed by atoms with Gasteiger partial charge in [-0.2, -0.15) is 0 Å². The highest BCUT2D eigenvalue weighted by Gasteiger charge is 2.29. The van der Waals surface area contributed by atoms with E-state index in [1.807, 2.05) is 24.3 Å². The van der Waals surface area contributed by atoms with Gasteiger partial charge in [0, 0.05) is 26.9 Å². The molecule has 0 fully saturated rings. The third-order valence-electron chi connectivity index (χ3n) is 3.25. The predicted octanol–water partition coefficient (Wildman–Crippen LogP) is 4.27. The Morgan fingerprint density at radius 3 is 2.71 bits per heavy atom. The zero-order valence-corrected chi connectivity index (χ0v) is 13.1. The van der Waals surface area contributed by atoms with E-state index in [-0.39, 0.29) is 0 Å². The lowest BCUT2D eigenvalue weighted by atomic mass is 10.1. The van der Waals surface area contributed by atoms with E-state index in [4.69, 9.17) is 23.2 Å². The number of amides is 1. The first kappa shape index (κ1) is 14.7. The van der Waals surface area contributed by atoms with Crippen molar-refractivity contribution in [2.75, 3.05) is 5.32 Å². The van der Waals surface area contributed by atoms with Crippen LogP contribution in [0, 0.1) is 0 Å². The van der Waals surface area contributed by atoms with Gasteiger partial charge in [-0.3, -0.25) is 4.79 Å². The molecule has 2 N–H and O–H groups in total.